The van der Waals surface area contributed by atoms with Gasteiger partial charge in [-0.25, -0.2) is 0 Å². The number of quaternary nitrogens is 1. The minimum atomic E-state index is -6.47. The molecule has 0 fully saturated rings. The fraction of sp³-hybridized carbons (Fsp3) is 0.667. The van der Waals surface area contributed by atoms with E-state index in [1.165, 1.54) is 0 Å². The molecule has 27 heavy (non-hydrogen) atoms. The van der Waals surface area contributed by atoms with Crippen molar-refractivity contribution in [1.29, 1.82) is 0 Å². The van der Waals surface area contributed by atoms with Crippen molar-refractivity contribution in [3.05, 3.63) is 36.5 Å². The van der Waals surface area contributed by atoms with E-state index in [9.17, 15) is 35.8 Å². The molecule has 0 aromatic rings. The molecular formula is C18H25F7NO+. The van der Waals surface area contributed by atoms with E-state index in [0.717, 1.165) is 0 Å². The second kappa shape index (κ2) is 8.34. The van der Waals surface area contributed by atoms with Crippen molar-refractivity contribution in [3.63, 3.8) is 0 Å². The molecule has 0 spiro atoms. The zero-order chi connectivity index (χ0) is 21.2. The van der Waals surface area contributed by atoms with E-state index in [2.05, 4.69) is 13.2 Å². The Balaban J connectivity index is 3.14. The zero-order valence-corrected chi connectivity index (χ0v) is 15.2. The molecule has 156 valence electrons. The molecule has 4 atom stereocenters. The van der Waals surface area contributed by atoms with Gasteiger partial charge in [-0.1, -0.05) is 30.4 Å². The molecule has 9 heteroatoms. The maximum absolute atomic E-state index is 13.8. The van der Waals surface area contributed by atoms with Crippen molar-refractivity contribution in [2.45, 2.75) is 69.3 Å². The Labute approximate surface area is 154 Å². The van der Waals surface area contributed by atoms with E-state index in [0.29, 0.717) is 35.3 Å². The highest BCUT2D eigenvalue weighted by Gasteiger charge is 2.75. The van der Waals surface area contributed by atoms with Gasteiger partial charge >= 0.3 is 18.0 Å². The van der Waals surface area contributed by atoms with Crippen molar-refractivity contribution in [2.24, 2.45) is 0 Å². The van der Waals surface area contributed by atoms with E-state index in [-0.39, 0.29) is 6.04 Å². The lowest BCUT2D eigenvalue weighted by Gasteiger charge is -2.40. The monoisotopic (exact) mass is 404 g/mol. The van der Waals surface area contributed by atoms with Gasteiger partial charge in [-0.3, -0.25) is 0 Å². The highest BCUT2D eigenvalue weighted by atomic mass is 19.4. The maximum Gasteiger partial charge on any atom is 0.459 e. The maximum atomic E-state index is 13.8. The summed E-state index contributed by atoms with van der Waals surface area (Å²) in [5, 5.41) is 9.71. The van der Waals surface area contributed by atoms with E-state index in [4.69, 9.17) is 0 Å². The van der Waals surface area contributed by atoms with Crippen LogP contribution in [0.1, 0.15) is 33.1 Å². The van der Waals surface area contributed by atoms with Gasteiger partial charge in [0.2, 0.25) is 0 Å². The first kappa shape index (κ1) is 23.7. The van der Waals surface area contributed by atoms with E-state index in [1.54, 1.807) is 26.0 Å². The highest BCUT2D eigenvalue weighted by Crippen LogP contribution is 2.47. The molecule has 2 nitrogen and oxygen atoms in total. The van der Waals surface area contributed by atoms with Crippen LogP contribution in [0.4, 0.5) is 30.7 Å². The second-order valence-corrected chi connectivity index (χ2v) is 7.28. The molecule has 1 aliphatic heterocycles. The first-order valence-electron chi connectivity index (χ1n) is 8.42. The fourth-order valence-electron chi connectivity index (χ4n) is 3.26. The van der Waals surface area contributed by atoms with Gasteiger partial charge in [-0.05, 0) is 19.9 Å². The van der Waals surface area contributed by atoms with Crippen LogP contribution >= 0.6 is 0 Å². The predicted molar refractivity (Wildman–Crippen MR) is 88.0 cm³/mol. The molecule has 0 amide bonds. The third-order valence-electron chi connectivity index (χ3n) is 4.58. The number of hydrogen-bond acceptors (Lipinski definition) is 1. The SMILES string of the molecule is C=C(C)C[C@@H]1CC=C[C@H](CC(=C)C)[NH+]1C[C@H](O)C(F)(F)C(F)(F)C(F)(F)F. The van der Waals surface area contributed by atoms with Crippen molar-refractivity contribution < 1.29 is 40.7 Å². The lowest BCUT2D eigenvalue weighted by atomic mass is 9.92. The molecule has 0 aromatic heterocycles. The first-order chi connectivity index (χ1) is 12.1. The minimum absolute atomic E-state index is 0.314. The van der Waals surface area contributed by atoms with Gasteiger partial charge in [-0.15, -0.1) is 0 Å². The van der Waals surface area contributed by atoms with Crippen LogP contribution in [0.25, 0.3) is 0 Å². The third kappa shape index (κ3) is 5.34. The number of rotatable bonds is 8. The van der Waals surface area contributed by atoms with Crippen LogP contribution < -0.4 is 4.90 Å². The summed E-state index contributed by atoms with van der Waals surface area (Å²) >= 11 is 0. The normalized spacial score (nSPS) is 25.3. The summed E-state index contributed by atoms with van der Waals surface area (Å²) in [6.45, 7) is 9.89. The van der Waals surface area contributed by atoms with Gasteiger partial charge in [0.1, 0.15) is 12.6 Å². The third-order valence-corrected chi connectivity index (χ3v) is 4.58. The Morgan fingerprint density at radius 2 is 1.59 bits per heavy atom. The van der Waals surface area contributed by atoms with Crippen LogP contribution in [0.3, 0.4) is 0 Å². The molecule has 0 bridgehead atoms. The van der Waals surface area contributed by atoms with Gasteiger partial charge in [0.05, 0.1) is 6.04 Å². The summed E-state index contributed by atoms with van der Waals surface area (Å²) in [4.78, 5) is 0.314. The van der Waals surface area contributed by atoms with Crippen LogP contribution in [0.15, 0.2) is 36.5 Å². The topological polar surface area (TPSA) is 24.7 Å². The molecule has 2 N–H and O–H groups in total. The molecule has 0 aliphatic carbocycles. The van der Waals surface area contributed by atoms with E-state index >= 15 is 0 Å². The number of hydrogen-bond donors (Lipinski definition) is 2. The molecular weight excluding hydrogens is 379 g/mol. The summed E-state index contributed by atoms with van der Waals surface area (Å²) in [5.74, 6) is -12.0. The molecule has 1 unspecified atom stereocenters. The van der Waals surface area contributed by atoms with Crippen LogP contribution in [-0.2, 0) is 0 Å². The van der Waals surface area contributed by atoms with Gasteiger partial charge in [0.15, 0.2) is 6.10 Å². The largest absolute Gasteiger partial charge is 0.459 e. The van der Waals surface area contributed by atoms with E-state index in [1.807, 2.05) is 0 Å². The van der Waals surface area contributed by atoms with Gasteiger partial charge < -0.3 is 10.0 Å². The minimum Gasteiger partial charge on any atom is -0.381 e. The standard InChI is InChI=1S/C18H24F7NO/c1-11(2)8-13-6-5-7-14(9-12(3)4)26(13)10-15(27)16(19,20)17(21,22)18(23,24)25/h5-6,13-15,27H,1,3,7-10H2,2,4H3/p+1/t13-,14+,15+/m1/s1. The lowest BCUT2D eigenvalue weighted by Crippen LogP contribution is -3.20. The quantitative estimate of drug-likeness (QED) is 0.468. The van der Waals surface area contributed by atoms with Crippen LogP contribution in [-0.4, -0.2) is 47.9 Å². The Morgan fingerprint density at radius 3 is 2.04 bits per heavy atom. The average molecular weight is 404 g/mol. The first-order valence-corrected chi connectivity index (χ1v) is 8.42. The van der Waals surface area contributed by atoms with Crippen LogP contribution in [0.5, 0.6) is 0 Å². The highest BCUT2D eigenvalue weighted by molar-refractivity contribution is 5.04. The van der Waals surface area contributed by atoms with Crippen molar-refractivity contribution in [1.82, 2.24) is 0 Å². The van der Waals surface area contributed by atoms with Crippen molar-refractivity contribution >= 4 is 0 Å². The van der Waals surface area contributed by atoms with Crippen LogP contribution in [0, 0.1) is 0 Å². The zero-order valence-electron chi connectivity index (χ0n) is 15.2. The summed E-state index contributed by atoms with van der Waals surface area (Å²) in [5.41, 5.74) is 1.41. The number of aliphatic hydroxyl groups is 1. The number of nitrogens with one attached hydrogen (secondary N) is 1. The molecule has 1 rings (SSSR count). The summed E-state index contributed by atoms with van der Waals surface area (Å²) in [6.07, 6.45) is -5.06. The van der Waals surface area contributed by atoms with E-state index < -0.39 is 36.7 Å². The fourth-order valence-corrected chi connectivity index (χ4v) is 3.26. The molecule has 0 radical (unpaired) electrons. The summed E-state index contributed by atoms with van der Waals surface area (Å²) < 4.78 is 91.3. The molecule has 1 heterocycles. The van der Waals surface area contributed by atoms with Crippen molar-refractivity contribution in [2.75, 3.05) is 6.54 Å². The van der Waals surface area contributed by atoms with Gasteiger partial charge in [0.25, 0.3) is 0 Å². The molecule has 1 aliphatic rings. The molecule has 0 saturated carbocycles. The summed E-state index contributed by atoms with van der Waals surface area (Å²) in [6, 6.07) is -0.840. The Hall–Kier alpha value is -1.35. The number of halogens is 7. The Bertz CT molecular complexity index is 583. The molecule has 0 aromatic carbocycles. The Morgan fingerprint density at radius 1 is 1.07 bits per heavy atom. The average Bonchev–Trinajstić information content (AvgIpc) is 2.47. The van der Waals surface area contributed by atoms with Gasteiger partial charge in [0, 0.05) is 19.3 Å². The second-order valence-electron chi connectivity index (χ2n) is 7.28. The van der Waals surface area contributed by atoms with Crippen molar-refractivity contribution in [3.8, 4) is 0 Å². The number of alkyl halides is 7. The predicted octanol–water partition coefficient (Wildman–Crippen LogP) is 3.69. The molecule has 0 saturated heterocycles. The lowest BCUT2D eigenvalue weighted by molar-refractivity contribution is -0.948. The Kier molecular flexibility index (Phi) is 7.32. The summed E-state index contributed by atoms with van der Waals surface area (Å²) in [7, 11) is 0. The number of aliphatic hydroxyl groups excluding tert-OH is 1. The van der Waals surface area contributed by atoms with Crippen LogP contribution in [0.2, 0.25) is 0 Å². The smallest absolute Gasteiger partial charge is 0.381 e. The van der Waals surface area contributed by atoms with Gasteiger partial charge in [-0.2, -0.15) is 30.7 Å².